The number of alkyl halides is 9. The van der Waals surface area contributed by atoms with Gasteiger partial charge in [-0.2, -0.15) is 39.5 Å². The van der Waals surface area contributed by atoms with Gasteiger partial charge >= 0.3 is 30.1 Å². The van der Waals surface area contributed by atoms with Crippen LogP contribution in [-0.2, 0) is 20.8 Å². The van der Waals surface area contributed by atoms with Crippen LogP contribution in [0.5, 0.6) is 0 Å². The van der Waals surface area contributed by atoms with Gasteiger partial charge < -0.3 is 4.74 Å². The summed E-state index contributed by atoms with van der Waals surface area (Å²) in [6, 6.07) is 0. The maximum absolute atomic E-state index is 13.1. The molecule has 1 N–H and O–H groups in total. The second kappa shape index (κ2) is 8.12. The fourth-order valence-electron chi connectivity index (χ4n) is 1.31. The lowest BCUT2D eigenvalue weighted by Gasteiger charge is -2.32. The molecule has 0 spiro atoms. The minimum atomic E-state index is -7.18. The van der Waals surface area contributed by atoms with E-state index in [1.807, 2.05) is 0 Å². The fraction of sp³-hybridized carbons (Fsp3) is 0.727. The van der Waals surface area contributed by atoms with Crippen LogP contribution in [0.3, 0.4) is 0 Å². The van der Waals surface area contributed by atoms with E-state index in [9.17, 15) is 48.5 Å². The van der Waals surface area contributed by atoms with Gasteiger partial charge in [0.25, 0.3) is 0 Å². The molecule has 0 radical (unpaired) electrons. The average Bonchev–Trinajstić information content (AvgIpc) is 2.44. The Morgan fingerprint density at radius 1 is 1.08 bits per heavy atom. The van der Waals surface area contributed by atoms with Crippen molar-refractivity contribution in [2.24, 2.45) is 0 Å². The number of esters is 1. The molecule has 0 rings (SSSR count). The zero-order valence-corrected chi connectivity index (χ0v) is 13.6. The van der Waals surface area contributed by atoms with Gasteiger partial charge in [-0.05, 0) is 12.8 Å². The summed E-state index contributed by atoms with van der Waals surface area (Å²) in [5.41, 5.74) is -0.951. The van der Waals surface area contributed by atoms with Crippen LogP contribution in [0.4, 0.5) is 39.5 Å². The molecule has 0 aliphatic carbocycles. The van der Waals surface area contributed by atoms with E-state index >= 15 is 0 Å². The SMILES string of the molecule is C=C(CCCN(C)S(=O)O)C(=O)OC(F)(F)C(F)(F)C(F)(F)C(F)(F)F. The summed E-state index contributed by atoms with van der Waals surface area (Å²) in [4.78, 5) is 11.2. The minimum absolute atomic E-state index is 0.197. The highest BCUT2D eigenvalue weighted by atomic mass is 32.2. The van der Waals surface area contributed by atoms with Gasteiger partial charge in [0.05, 0.1) is 0 Å². The highest BCUT2D eigenvalue weighted by molar-refractivity contribution is 7.76. The highest BCUT2D eigenvalue weighted by Gasteiger charge is 2.84. The summed E-state index contributed by atoms with van der Waals surface area (Å²) in [5, 5.41) is 0. The Balaban J connectivity index is 5.05. The maximum atomic E-state index is 13.1. The van der Waals surface area contributed by atoms with Gasteiger partial charge in [0, 0.05) is 19.2 Å². The molecule has 0 aliphatic rings. The zero-order valence-electron chi connectivity index (χ0n) is 12.8. The number of carbonyl (C=O) groups is 1. The van der Waals surface area contributed by atoms with Crippen LogP contribution in [0, 0.1) is 0 Å². The molecule has 0 aliphatic heterocycles. The van der Waals surface area contributed by atoms with Gasteiger partial charge in [0.15, 0.2) is 0 Å². The van der Waals surface area contributed by atoms with Crippen molar-refractivity contribution in [2.45, 2.75) is 37.0 Å². The molecule has 154 valence electrons. The summed E-state index contributed by atoms with van der Waals surface area (Å²) >= 11 is -2.40. The fourth-order valence-corrected chi connectivity index (χ4v) is 1.59. The van der Waals surface area contributed by atoms with Gasteiger partial charge in [-0.3, -0.25) is 4.55 Å². The molecule has 0 amide bonds. The number of hydrogen-bond acceptors (Lipinski definition) is 3. The third kappa shape index (κ3) is 5.33. The summed E-state index contributed by atoms with van der Waals surface area (Å²) < 4.78 is 136. The predicted molar refractivity (Wildman–Crippen MR) is 68.8 cm³/mol. The first-order valence-electron chi connectivity index (χ1n) is 6.32. The van der Waals surface area contributed by atoms with Crippen molar-refractivity contribution in [3.8, 4) is 0 Å². The Hall–Kier alpha value is -1.35. The van der Waals surface area contributed by atoms with E-state index in [4.69, 9.17) is 4.55 Å². The Bertz CT molecular complexity index is 564. The summed E-state index contributed by atoms with van der Waals surface area (Å²) in [5.74, 6) is -16.6. The third-order valence-electron chi connectivity index (χ3n) is 2.84. The third-order valence-corrected chi connectivity index (χ3v) is 3.56. The molecule has 26 heavy (non-hydrogen) atoms. The van der Waals surface area contributed by atoms with Crippen LogP contribution >= 0.6 is 0 Å². The smallest absolute Gasteiger partial charge is 0.393 e. The maximum Gasteiger partial charge on any atom is 0.473 e. The molecule has 0 aromatic carbocycles. The number of nitrogens with zero attached hydrogens (tertiary/aromatic N) is 1. The Morgan fingerprint density at radius 2 is 1.54 bits per heavy atom. The number of carbonyl (C=O) groups excluding carboxylic acids is 1. The average molecular weight is 425 g/mol. The van der Waals surface area contributed by atoms with E-state index in [0.717, 1.165) is 11.4 Å². The van der Waals surface area contributed by atoms with Crippen molar-refractivity contribution in [1.29, 1.82) is 0 Å². The first kappa shape index (κ1) is 24.7. The van der Waals surface area contributed by atoms with E-state index in [0.29, 0.717) is 0 Å². The van der Waals surface area contributed by atoms with Crippen molar-refractivity contribution in [3.05, 3.63) is 12.2 Å². The van der Waals surface area contributed by atoms with Gasteiger partial charge in [-0.15, -0.1) is 0 Å². The largest absolute Gasteiger partial charge is 0.473 e. The van der Waals surface area contributed by atoms with Gasteiger partial charge in [-0.1, -0.05) is 6.58 Å². The summed E-state index contributed by atoms with van der Waals surface area (Å²) in [6.07, 6.45) is -14.3. The topological polar surface area (TPSA) is 66.8 Å². The number of hydrogen-bond donors (Lipinski definition) is 1. The summed E-state index contributed by atoms with van der Waals surface area (Å²) in [6.45, 7) is 2.65. The van der Waals surface area contributed by atoms with Gasteiger partial charge in [-0.25, -0.2) is 13.3 Å². The Kier molecular flexibility index (Phi) is 7.70. The zero-order chi connectivity index (χ0) is 21.1. The van der Waals surface area contributed by atoms with Crippen molar-refractivity contribution < 1.29 is 57.8 Å². The molecule has 0 aromatic heterocycles. The molecule has 0 heterocycles. The number of ether oxygens (including phenoxy) is 1. The summed E-state index contributed by atoms with van der Waals surface area (Å²) in [7, 11) is 1.14. The van der Waals surface area contributed by atoms with Crippen LogP contribution in [-0.4, -0.2) is 56.8 Å². The van der Waals surface area contributed by atoms with Crippen LogP contribution in [0.25, 0.3) is 0 Å². The lowest BCUT2D eigenvalue weighted by molar-refractivity contribution is -0.434. The molecule has 0 bridgehead atoms. The van der Waals surface area contributed by atoms with E-state index in [1.165, 1.54) is 0 Å². The first-order valence-corrected chi connectivity index (χ1v) is 7.38. The van der Waals surface area contributed by atoms with Crippen LogP contribution in [0.15, 0.2) is 12.2 Å². The standard InChI is InChI=1S/C11H12F9NO4S/c1-6(4-3-5-21(2)26(23)24)7(22)25-11(19,20)9(14,15)8(12,13)10(16,17)18/h1,3-5H2,2H3,(H,23,24). The van der Waals surface area contributed by atoms with Crippen molar-refractivity contribution in [1.82, 2.24) is 4.31 Å². The van der Waals surface area contributed by atoms with E-state index < -0.39 is 53.4 Å². The minimum Gasteiger partial charge on any atom is -0.393 e. The van der Waals surface area contributed by atoms with Crippen molar-refractivity contribution in [3.63, 3.8) is 0 Å². The first-order chi connectivity index (χ1) is 11.4. The monoisotopic (exact) mass is 425 g/mol. The van der Waals surface area contributed by atoms with E-state index in [2.05, 4.69) is 11.3 Å². The van der Waals surface area contributed by atoms with Crippen LogP contribution in [0.1, 0.15) is 12.8 Å². The molecule has 15 heteroatoms. The quantitative estimate of drug-likeness (QED) is 0.266. The predicted octanol–water partition coefficient (Wildman–Crippen LogP) is 3.36. The molecule has 0 fully saturated rings. The van der Waals surface area contributed by atoms with Crippen LogP contribution in [0.2, 0.25) is 0 Å². The lowest BCUT2D eigenvalue weighted by Crippen LogP contribution is -2.62. The highest BCUT2D eigenvalue weighted by Crippen LogP contribution is 2.53. The lowest BCUT2D eigenvalue weighted by atomic mass is 10.1. The molecule has 1 unspecified atom stereocenters. The molecule has 0 aromatic rings. The molecule has 0 saturated carbocycles. The second-order valence-electron chi connectivity index (χ2n) is 4.84. The van der Waals surface area contributed by atoms with Crippen LogP contribution < -0.4 is 0 Å². The second-order valence-corrected chi connectivity index (χ2v) is 5.93. The molecule has 1 atom stereocenters. The molecular formula is C11H12F9NO4S. The van der Waals surface area contributed by atoms with Crippen molar-refractivity contribution in [2.75, 3.05) is 13.6 Å². The Morgan fingerprint density at radius 3 is 1.92 bits per heavy atom. The molecular weight excluding hydrogens is 413 g/mol. The normalized spacial score (nSPS) is 15.1. The molecule has 0 saturated heterocycles. The van der Waals surface area contributed by atoms with E-state index in [-0.39, 0.29) is 13.0 Å². The molecule has 5 nitrogen and oxygen atoms in total. The Labute approximate surface area is 143 Å². The van der Waals surface area contributed by atoms with Gasteiger partial charge in [0.2, 0.25) is 11.3 Å². The number of rotatable bonds is 9. The van der Waals surface area contributed by atoms with E-state index in [1.54, 1.807) is 0 Å². The number of halogens is 9. The van der Waals surface area contributed by atoms with Gasteiger partial charge in [0.1, 0.15) is 0 Å². The van der Waals surface area contributed by atoms with Crippen molar-refractivity contribution >= 4 is 17.2 Å².